The molecule has 0 bridgehead atoms. The van der Waals surface area contributed by atoms with Crippen molar-refractivity contribution in [2.24, 2.45) is 5.92 Å². The van der Waals surface area contributed by atoms with E-state index in [0.29, 0.717) is 15.5 Å². The number of nitrogens with zero attached hydrogens (tertiary/aromatic N) is 1. The van der Waals surface area contributed by atoms with Crippen molar-refractivity contribution in [3.05, 3.63) is 122 Å². The number of ketones is 1. The monoisotopic (exact) mass is 561 g/mol. The number of carbonyl (C=O) groups is 3. The molecule has 1 aliphatic rings. The van der Waals surface area contributed by atoms with Gasteiger partial charge >= 0.3 is 5.97 Å². The van der Waals surface area contributed by atoms with Crippen LogP contribution in [0, 0.1) is 5.92 Å². The first-order valence-corrected chi connectivity index (χ1v) is 14.1. The van der Waals surface area contributed by atoms with Crippen LogP contribution in [0.3, 0.4) is 0 Å². The zero-order chi connectivity index (χ0) is 26.9. The van der Waals surface area contributed by atoms with Gasteiger partial charge in [0, 0.05) is 21.4 Å². The molecule has 192 valence electrons. The topological polar surface area (TPSA) is 74.7 Å². The average Bonchev–Trinajstić information content (AvgIpc) is 3.68. The van der Waals surface area contributed by atoms with Crippen LogP contribution in [-0.2, 0) is 4.79 Å². The number of benzene rings is 2. The van der Waals surface area contributed by atoms with Crippen molar-refractivity contribution >= 4 is 58.0 Å². The van der Waals surface area contributed by atoms with Gasteiger partial charge in [-0.05, 0) is 47.5 Å². The Hall–Kier alpha value is -3.52. The number of carboxylic acids is 1. The highest BCUT2D eigenvalue weighted by Gasteiger charge is 2.64. The fourth-order valence-electron chi connectivity index (χ4n) is 5.31. The van der Waals surface area contributed by atoms with Crippen molar-refractivity contribution in [2.75, 3.05) is 0 Å². The van der Waals surface area contributed by atoms with Gasteiger partial charge in [-0.3, -0.25) is 9.59 Å². The van der Waals surface area contributed by atoms with Gasteiger partial charge < -0.3 is 10.0 Å². The van der Waals surface area contributed by atoms with Gasteiger partial charge in [-0.25, -0.2) is 4.79 Å². The van der Waals surface area contributed by atoms with Gasteiger partial charge in [-0.1, -0.05) is 78.4 Å². The molecule has 2 aromatic carbocycles. The quantitative estimate of drug-likeness (QED) is 0.244. The van der Waals surface area contributed by atoms with Gasteiger partial charge in [-0.15, -0.1) is 22.7 Å². The van der Waals surface area contributed by atoms with Crippen molar-refractivity contribution < 1.29 is 19.5 Å². The minimum Gasteiger partial charge on any atom is -0.479 e. The van der Waals surface area contributed by atoms with E-state index in [1.165, 1.54) is 27.6 Å². The highest BCUT2D eigenvalue weighted by Crippen LogP contribution is 2.53. The standard InChI is InChI=1S/C30H24ClNO4S2/c1-30(29(35)36)26(23-12-6-16-37-23)25(27(33)20-10-5-11-21(31)18-20)22(15-14-19-8-3-2-4-9-19)32(30)28(34)24-13-7-17-38-24/h2-18,22,25-26H,1H3,(H,35,36). The van der Waals surface area contributed by atoms with Crippen LogP contribution in [0.1, 0.15) is 43.3 Å². The van der Waals surface area contributed by atoms with E-state index in [-0.39, 0.29) is 5.78 Å². The summed E-state index contributed by atoms with van der Waals surface area (Å²) in [6.07, 6.45) is 3.64. The smallest absolute Gasteiger partial charge is 0.330 e. The van der Waals surface area contributed by atoms with Gasteiger partial charge in [0.05, 0.1) is 16.8 Å². The third kappa shape index (κ3) is 4.62. The molecule has 38 heavy (non-hydrogen) atoms. The van der Waals surface area contributed by atoms with Gasteiger partial charge in [0.15, 0.2) is 5.78 Å². The molecule has 2 aromatic heterocycles. The second-order valence-electron chi connectivity index (χ2n) is 9.26. The lowest BCUT2D eigenvalue weighted by atomic mass is 9.75. The summed E-state index contributed by atoms with van der Waals surface area (Å²) in [5.41, 5.74) is -0.446. The summed E-state index contributed by atoms with van der Waals surface area (Å²) in [5.74, 6) is -3.50. The molecule has 3 heterocycles. The van der Waals surface area contributed by atoms with Crippen LogP contribution in [0.5, 0.6) is 0 Å². The molecular formula is C30H24ClNO4S2. The molecule has 4 atom stereocenters. The third-order valence-corrected chi connectivity index (χ3v) is 9.11. The number of hydrogen-bond acceptors (Lipinski definition) is 5. The molecule has 1 aliphatic heterocycles. The van der Waals surface area contributed by atoms with E-state index in [9.17, 15) is 19.5 Å². The van der Waals surface area contributed by atoms with Crippen LogP contribution >= 0.6 is 34.3 Å². The Balaban J connectivity index is 1.75. The van der Waals surface area contributed by atoms with Gasteiger partial charge in [0.25, 0.3) is 5.91 Å². The van der Waals surface area contributed by atoms with Crippen molar-refractivity contribution in [3.8, 4) is 0 Å². The summed E-state index contributed by atoms with van der Waals surface area (Å²) in [6, 6.07) is 22.5. The van der Waals surface area contributed by atoms with E-state index in [1.54, 1.807) is 54.8 Å². The Bertz CT molecular complexity index is 1480. The Morgan fingerprint density at radius 3 is 2.32 bits per heavy atom. The number of Topliss-reactive ketones (excluding diaryl/α,β-unsaturated/α-hetero) is 1. The molecule has 4 unspecified atom stereocenters. The minimum atomic E-state index is -1.70. The van der Waals surface area contributed by atoms with E-state index in [0.717, 1.165) is 10.4 Å². The van der Waals surface area contributed by atoms with Gasteiger partial charge in [0.2, 0.25) is 0 Å². The number of halogens is 1. The number of likely N-dealkylation sites (tertiary alicyclic amines) is 1. The SMILES string of the molecule is CC1(C(=O)O)C(c2cccs2)C(C(=O)c2cccc(Cl)c2)C(C=Cc2ccccc2)N1C(=O)c1cccs1. The molecule has 5 rings (SSSR count). The highest BCUT2D eigenvalue weighted by atomic mass is 35.5. The molecule has 0 saturated carbocycles. The minimum absolute atomic E-state index is 0.262. The maximum atomic E-state index is 14.3. The lowest BCUT2D eigenvalue weighted by molar-refractivity contribution is -0.148. The Kier molecular flexibility index (Phi) is 7.34. The van der Waals surface area contributed by atoms with Gasteiger partial charge in [-0.2, -0.15) is 0 Å². The molecule has 0 spiro atoms. The zero-order valence-corrected chi connectivity index (χ0v) is 22.7. The Morgan fingerprint density at radius 1 is 0.947 bits per heavy atom. The number of amides is 1. The number of aliphatic carboxylic acids is 1. The lowest BCUT2D eigenvalue weighted by Gasteiger charge is -2.36. The van der Waals surface area contributed by atoms with Crippen molar-refractivity contribution in [3.63, 3.8) is 0 Å². The lowest BCUT2D eigenvalue weighted by Crippen LogP contribution is -2.55. The van der Waals surface area contributed by atoms with Crippen LogP contribution < -0.4 is 0 Å². The molecule has 1 N–H and O–H groups in total. The molecule has 1 fully saturated rings. The molecule has 1 amide bonds. The zero-order valence-electron chi connectivity index (χ0n) is 20.4. The largest absolute Gasteiger partial charge is 0.479 e. The first-order valence-electron chi connectivity index (χ1n) is 12.0. The summed E-state index contributed by atoms with van der Waals surface area (Å²) in [6.45, 7) is 1.56. The summed E-state index contributed by atoms with van der Waals surface area (Å²) in [5, 5.41) is 14.8. The molecule has 0 radical (unpaired) electrons. The predicted molar refractivity (Wildman–Crippen MR) is 152 cm³/mol. The van der Waals surface area contributed by atoms with Crippen LogP contribution in [0.4, 0.5) is 0 Å². The molecule has 1 saturated heterocycles. The van der Waals surface area contributed by atoms with Crippen molar-refractivity contribution in [1.82, 2.24) is 4.90 Å². The third-order valence-electron chi connectivity index (χ3n) is 7.06. The van der Waals surface area contributed by atoms with Crippen LogP contribution in [0.25, 0.3) is 6.08 Å². The summed E-state index contributed by atoms with van der Waals surface area (Å²) in [7, 11) is 0. The normalized spacial score (nSPS) is 23.1. The number of carbonyl (C=O) groups excluding carboxylic acids is 2. The van der Waals surface area contributed by atoms with Crippen molar-refractivity contribution in [1.29, 1.82) is 0 Å². The van der Waals surface area contributed by atoms with E-state index < -0.39 is 35.3 Å². The molecule has 8 heteroatoms. The Morgan fingerprint density at radius 2 is 1.68 bits per heavy atom. The number of carboxylic acid groups (broad SMARTS) is 1. The second kappa shape index (κ2) is 10.7. The van der Waals surface area contributed by atoms with Crippen LogP contribution in [-0.4, -0.2) is 39.2 Å². The molecule has 5 nitrogen and oxygen atoms in total. The first kappa shape index (κ1) is 26.1. The number of thiophene rings is 2. The fraction of sp³-hybridized carbons (Fsp3) is 0.167. The first-order chi connectivity index (χ1) is 18.3. The number of hydrogen-bond donors (Lipinski definition) is 1. The Labute approximate surface area is 233 Å². The highest BCUT2D eigenvalue weighted by molar-refractivity contribution is 7.12. The summed E-state index contributed by atoms with van der Waals surface area (Å²) >= 11 is 8.87. The molecule has 0 aliphatic carbocycles. The fourth-order valence-corrected chi connectivity index (χ4v) is 7.16. The maximum absolute atomic E-state index is 14.3. The van der Waals surface area contributed by atoms with Gasteiger partial charge in [0.1, 0.15) is 5.54 Å². The van der Waals surface area contributed by atoms with E-state index in [4.69, 9.17) is 11.6 Å². The summed E-state index contributed by atoms with van der Waals surface area (Å²) < 4.78 is 0. The maximum Gasteiger partial charge on any atom is 0.330 e. The molecule has 4 aromatic rings. The second-order valence-corrected chi connectivity index (χ2v) is 11.6. The predicted octanol–water partition coefficient (Wildman–Crippen LogP) is 7.13. The van der Waals surface area contributed by atoms with Crippen LogP contribution in [0.15, 0.2) is 95.7 Å². The van der Waals surface area contributed by atoms with E-state index >= 15 is 0 Å². The number of rotatable bonds is 7. The van der Waals surface area contributed by atoms with E-state index in [2.05, 4.69) is 0 Å². The molecular weight excluding hydrogens is 538 g/mol. The van der Waals surface area contributed by atoms with Crippen molar-refractivity contribution in [2.45, 2.75) is 24.4 Å². The van der Waals surface area contributed by atoms with E-state index in [1.807, 2.05) is 53.9 Å². The van der Waals surface area contributed by atoms with Crippen LogP contribution in [0.2, 0.25) is 5.02 Å². The average molecular weight is 562 g/mol. The summed E-state index contributed by atoms with van der Waals surface area (Å²) in [4.78, 5) is 44.0.